The molecule has 1 unspecified atom stereocenters. The van der Waals surface area contributed by atoms with Crippen molar-refractivity contribution in [2.45, 2.75) is 37.9 Å². The number of nitrogens with two attached hydrogens (primary N) is 1. The summed E-state index contributed by atoms with van der Waals surface area (Å²) >= 11 is 3.12. The van der Waals surface area contributed by atoms with Crippen molar-refractivity contribution in [3.05, 3.63) is 28.2 Å². The van der Waals surface area contributed by atoms with Crippen LogP contribution < -0.4 is 10.6 Å². The van der Waals surface area contributed by atoms with Gasteiger partial charge in [-0.1, -0.05) is 15.9 Å². The summed E-state index contributed by atoms with van der Waals surface area (Å²) in [4.78, 5) is 1.88. The van der Waals surface area contributed by atoms with Gasteiger partial charge in [-0.2, -0.15) is 13.2 Å². The van der Waals surface area contributed by atoms with Gasteiger partial charge in [0.05, 0.1) is 5.56 Å². The van der Waals surface area contributed by atoms with Crippen LogP contribution in [0.4, 0.5) is 18.9 Å². The Bertz CT molecular complexity index is 460. The van der Waals surface area contributed by atoms with E-state index in [0.717, 1.165) is 31.7 Å². The molecule has 1 aromatic rings. The standard InChI is InChI=1S/C14H18BrF3N2/c15-10-4-5-13(12(9-10)14(16,17)18)20-8-2-1-3-11(20)6-7-19/h4-5,9,11H,1-3,6-8,19H2. The zero-order valence-corrected chi connectivity index (χ0v) is 12.7. The van der Waals surface area contributed by atoms with Gasteiger partial charge in [-0.25, -0.2) is 0 Å². The van der Waals surface area contributed by atoms with E-state index >= 15 is 0 Å². The van der Waals surface area contributed by atoms with Crippen LogP contribution in [0.15, 0.2) is 22.7 Å². The van der Waals surface area contributed by atoms with Crippen molar-refractivity contribution in [3.8, 4) is 0 Å². The summed E-state index contributed by atoms with van der Waals surface area (Å²) in [7, 11) is 0. The number of rotatable bonds is 3. The largest absolute Gasteiger partial charge is 0.418 e. The minimum Gasteiger partial charge on any atom is -0.368 e. The Morgan fingerprint density at radius 2 is 2.05 bits per heavy atom. The summed E-state index contributed by atoms with van der Waals surface area (Å²) in [5, 5.41) is 0. The Kier molecular flexibility index (Phi) is 4.96. The molecule has 1 aliphatic heterocycles. The summed E-state index contributed by atoms with van der Waals surface area (Å²) < 4.78 is 40.1. The Labute approximate surface area is 125 Å². The van der Waals surface area contributed by atoms with Crippen molar-refractivity contribution >= 4 is 21.6 Å². The van der Waals surface area contributed by atoms with E-state index < -0.39 is 11.7 Å². The highest BCUT2D eigenvalue weighted by Crippen LogP contribution is 2.40. The number of piperidine rings is 1. The molecule has 1 heterocycles. The Morgan fingerprint density at radius 3 is 2.70 bits per heavy atom. The van der Waals surface area contributed by atoms with Crippen molar-refractivity contribution in [2.24, 2.45) is 5.73 Å². The molecule has 0 spiro atoms. The average molecular weight is 351 g/mol. The lowest BCUT2D eigenvalue weighted by molar-refractivity contribution is -0.137. The zero-order valence-electron chi connectivity index (χ0n) is 11.1. The van der Waals surface area contributed by atoms with Crippen molar-refractivity contribution < 1.29 is 13.2 Å². The summed E-state index contributed by atoms with van der Waals surface area (Å²) in [6, 6.07) is 4.49. The van der Waals surface area contributed by atoms with Gasteiger partial charge in [0.1, 0.15) is 0 Å². The molecular weight excluding hydrogens is 333 g/mol. The van der Waals surface area contributed by atoms with E-state index in [1.54, 1.807) is 12.1 Å². The van der Waals surface area contributed by atoms with Crippen molar-refractivity contribution in [3.63, 3.8) is 0 Å². The van der Waals surface area contributed by atoms with Crippen LogP contribution in [0.25, 0.3) is 0 Å². The van der Waals surface area contributed by atoms with Crippen LogP contribution >= 0.6 is 15.9 Å². The molecule has 1 fully saturated rings. The molecule has 0 aromatic heterocycles. The van der Waals surface area contributed by atoms with E-state index in [0.29, 0.717) is 17.6 Å². The molecule has 1 atom stereocenters. The topological polar surface area (TPSA) is 29.3 Å². The number of nitrogens with zero attached hydrogens (tertiary/aromatic N) is 1. The quantitative estimate of drug-likeness (QED) is 0.886. The number of hydrogen-bond acceptors (Lipinski definition) is 2. The van der Waals surface area contributed by atoms with Crippen LogP contribution in [0.3, 0.4) is 0 Å². The van der Waals surface area contributed by atoms with E-state index in [2.05, 4.69) is 15.9 Å². The first-order valence-electron chi connectivity index (χ1n) is 6.77. The molecule has 2 nitrogen and oxygen atoms in total. The molecule has 112 valence electrons. The van der Waals surface area contributed by atoms with Crippen LogP contribution in [0.1, 0.15) is 31.2 Å². The maximum Gasteiger partial charge on any atom is 0.418 e. The second-order valence-corrected chi connectivity index (χ2v) is 6.00. The Balaban J connectivity index is 2.39. The van der Waals surface area contributed by atoms with E-state index in [4.69, 9.17) is 5.73 Å². The predicted octanol–water partition coefficient (Wildman–Crippen LogP) is 4.18. The van der Waals surface area contributed by atoms with Gasteiger partial charge in [0.2, 0.25) is 0 Å². The van der Waals surface area contributed by atoms with Gasteiger partial charge in [-0.05, 0) is 50.4 Å². The summed E-state index contributed by atoms with van der Waals surface area (Å²) in [5.41, 5.74) is 5.29. The third-order valence-corrected chi connectivity index (χ3v) is 4.19. The fourth-order valence-electron chi connectivity index (χ4n) is 2.80. The van der Waals surface area contributed by atoms with Gasteiger partial charge >= 0.3 is 6.18 Å². The minimum atomic E-state index is -4.34. The SMILES string of the molecule is NCCC1CCCCN1c1ccc(Br)cc1C(F)(F)F. The second kappa shape index (κ2) is 6.35. The fraction of sp³-hybridized carbons (Fsp3) is 0.571. The fourth-order valence-corrected chi connectivity index (χ4v) is 3.16. The molecule has 2 N–H and O–H groups in total. The highest BCUT2D eigenvalue weighted by molar-refractivity contribution is 9.10. The molecule has 6 heteroatoms. The lowest BCUT2D eigenvalue weighted by Gasteiger charge is -2.39. The third kappa shape index (κ3) is 3.47. The lowest BCUT2D eigenvalue weighted by atomic mass is 9.97. The monoisotopic (exact) mass is 350 g/mol. The molecule has 0 bridgehead atoms. The van der Waals surface area contributed by atoms with Gasteiger partial charge in [0.25, 0.3) is 0 Å². The number of alkyl halides is 3. The summed E-state index contributed by atoms with van der Waals surface area (Å²) in [5.74, 6) is 0. The first-order valence-corrected chi connectivity index (χ1v) is 7.56. The first-order chi connectivity index (χ1) is 9.43. The van der Waals surface area contributed by atoms with E-state index in [-0.39, 0.29) is 11.7 Å². The van der Waals surface area contributed by atoms with Gasteiger partial charge in [-0.15, -0.1) is 0 Å². The van der Waals surface area contributed by atoms with Gasteiger partial charge in [0, 0.05) is 22.7 Å². The highest BCUT2D eigenvalue weighted by Gasteiger charge is 2.36. The zero-order chi connectivity index (χ0) is 14.8. The molecule has 0 radical (unpaired) electrons. The predicted molar refractivity (Wildman–Crippen MR) is 77.8 cm³/mol. The molecule has 20 heavy (non-hydrogen) atoms. The number of halogens is 4. The van der Waals surface area contributed by atoms with Gasteiger partial charge in [-0.3, -0.25) is 0 Å². The molecular formula is C14H18BrF3N2. The molecule has 0 saturated carbocycles. The minimum absolute atomic E-state index is 0.107. The maximum absolute atomic E-state index is 13.2. The van der Waals surface area contributed by atoms with Gasteiger partial charge < -0.3 is 10.6 Å². The van der Waals surface area contributed by atoms with Crippen molar-refractivity contribution in [2.75, 3.05) is 18.0 Å². The Morgan fingerprint density at radius 1 is 1.30 bits per heavy atom. The number of benzene rings is 1. The van der Waals surface area contributed by atoms with Crippen LogP contribution in [-0.2, 0) is 6.18 Å². The van der Waals surface area contributed by atoms with Crippen LogP contribution in [-0.4, -0.2) is 19.1 Å². The molecule has 1 saturated heterocycles. The van der Waals surface area contributed by atoms with Crippen molar-refractivity contribution in [1.29, 1.82) is 0 Å². The van der Waals surface area contributed by atoms with E-state index in [1.807, 2.05) is 4.90 Å². The molecule has 0 amide bonds. The average Bonchev–Trinajstić information content (AvgIpc) is 2.39. The maximum atomic E-state index is 13.2. The van der Waals surface area contributed by atoms with Gasteiger partial charge in [0.15, 0.2) is 0 Å². The summed E-state index contributed by atoms with van der Waals surface area (Å²) in [6.07, 6.45) is -0.727. The molecule has 1 aliphatic rings. The Hall–Kier alpha value is -0.750. The number of hydrogen-bond donors (Lipinski definition) is 1. The molecule has 2 rings (SSSR count). The van der Waals surface area contributed by atoms with Crippen LogP contribution in [0.2, 0.25) is 0 Å². The third-order valence-electron chi connectivity index (χ3n) is 3.70. The smallest absolute Gasteiger partial charge is 0.368 e. The van der Waals surface area contributed by atoms with Crippen molar-refractivity contribution in [1.82, 2.24) is 0 Å². The molecule has 0 aliphatic carbocycles. The van der Waals surface area contributed by atoms with Crippen LogP contribution in [0, 0.1) is 0 Å². The normalized spacial score (nSPS) is 20.2. The number of anilines is 1. The highest BCUT2D eigenvalue weighted by atomic mass is 79.9. The second-order valence-electron chi connectivity index (χ2n) is 5.08. The van der Waals surface area contributed by atoms with Crippen LogP contribution in [0.5, 0.6) is 0 Å². The van der Waals surface area contributed by atoms with E-state index in [1.165, 1.54) is 0 Å². The first kappa shape index (κ1) is 15.6. The lowest BCUT2D eigenvalue weighted by Crippen LogP contribution is -2.41. The molecule has 1 aromatic carbocycles. The summed E-state index contributed by atoms with van der Waals surface area (Å²) in [6.45, 7) is 1.16. The van der Waals surface area contributed by atoms with E-state index in [9.17, 15) is 13.2 Å².